The summed E-state index contributed by atoms with van der Waals surface area (Å²) in [7, 11) is 0. The molecule has 0 saturated carbocycles. The summed E-state index contributed by atoms with van der Waals surface area (Å²) in [4.78, 5) is 4.28. The predicted molar refractivity (Wildman–Crippen MR) is 76.5 cm³/mol. The van der Waals surface area contributed by atoms with Gasteiger partial charge in [-0.25, -0.2) is 9.67 Å². The molecule has 96 valence electrons. The molecular formula is C13H17BrN4. The van der Waals surface area contributed by atoms with Crippen LogP contribution < -0.4 is 5.32 Å². The number of halogens is 1. The average molecular weight is 309 g/mol. The number of aryl methyl sites for hydroxylation is 2. The van der Waals surface area contributed by atoms with E-state index in [4.69, 9.17) is 0 Å². The van der Waals surface area contributed by atoms with Crippen LogP contribution in [0.2, 0.25) is 0 Å². The lowest BCUT2D eigenvalue weighted by molar-refractivity contribution is 0.574. The number of rotatable bonds is 5. The number of hydrogen-bond donors (Lipinski definition) is 1. The fourth-order valence-corrected chi connectivity index (χ4v) is 2.14. The quantitative estimate of drug-likeness (QED) is 0.921. The van der Waals surface area contributed by atoms with Crippen molar-refractivity contribution in [3.8, 4) is 0 Å². The van der Waals surface area contributed by atoms with Crippen molar-refractivity contribution in [1.29, 1.82) is 0 Å². The van der Waals surface area contributed by atoms with Crippen molar-refractivity contribution in [2.45, 2.75) is 33.4 Å². The van der Waals surface area contributed by atoms with Crippen LogP contribution in [0.1, 0.15) is 24.7 Å². The van der Waals surface area contributed by atoms with Crippen LogP contribution in [0.4, 0.5) is 5.69 Å². The van der Waals surface area contributed by atoms with E-state index >= 15 is 0 Å². The van der Waals surface area contributed by atoms with Gasteiger partial charge in [0.05, 0.1) is 6.54 Å². The summed E-state index contributed by atoms with van der Waals surface area (Å²) in [5.74, 6) is 0.969. The Morgan fingerprint density at radius 2 is 2.22 bits per heavy atom. The normalized spacial score (nSPS) is 10.6. The van der Waals surface area contributed by atoms with Crippen LogP contribution in [-0.4, -0.2) is 14.8 Å². The molecule has 0 spiro atoms. The van der Waals surface area contributed by atoms with Crippen LogP contribution >= 0.6 is 15.9 Å². The largest absolute Gasteiger partial charge is 0.378 e. The Bertz CT molecular complexity index is 521. The molecule has 0 aliphatic rings. The van der Waals surface area contributed by atoms with E-state index in [2.05, 4.69) is 57.3 Å². The predicted octanol–water partition coefficient (Wildman–Crippen LogP) is 3.37. The van der Waals surface area contributed by atoms with Crippen LogP contribution in [0.3, 0.4) is 0 Å². The van der Waals surface area contributed by atoms with Gasteiger partial charge in [0.1, 0.15) is 12.2 Å². The SMILES string of the molecule is CCCn1ncnc1CNc1cc(Br)ccc1C. The van der Waals surface area contributed by atoms with Crippen molar-refractivity contribution in [3.63, 3.8) is 0 Å². The number of nitrogens with zero attached hydrogens (tertiary/aromatic N) is 3. The molecule has 0 amide bonds. The molecule has 1 heterocycles. The number of nitrogens with one attached hydrogen (secondary N) is 1. The molecule has 0 atom stereocenters. The van der Waals surface area contributed by atoms with Gasteiger partial charge in [-0.05, 0) is 31.0 Å². The maximum atomic E-state index is 4.28. The van der Waals surface area contributed by atoms with Gasteiger partial charge in [-0.1, -0.05) is 28.9 Å². The lowest BCUT2D eigenvalue weighted by Crippen LogP contribution is -2.10. The summed E-state index contributed by atoms with van der Waals surface area (Å²) < 4.78 is 3.02. The van der Waals surface area contributed by atoms with Crippen molar-refractivity contribution in [2.24, 2.45) is 0 Å². The van der Waals surface area contributed by atoms with Crippen molar-refractivity contribution in [2.75, 3.05) is 5.32 Å². The molecule has 2 rings (SSSR count). The van der Waals surface area contributed by atoms with Gasteiger partial charge in [-0.3, -0.25) is 0 Å². The third kappa shape index (κ3) is 3.10. The highest BCUT2D eigenvalue weighted by Crippen LogP contribution is 2.21. The van der Waals surface area contributed by atoms with Crippen molar-refractivity contribution < 1.29 is 0 Å². The minimum absolute atomic E-state index is 0.692. The third-order valence-corrected chi connectivity index (χ3v) is 3.26. The standard InChI is InChI=1S/C13H17BrN4/c1-3-6-18-13(16-9-17-18)8-15-12-7-11(14)5-4-10(12)2/h4-5,7,9,15H,3,6,8H2,1-2H3. The molecule has 0 radical (unpaired) electrons. The molecule has 0 fully saturated rings. The van der Waals surface area contributed by atoms with Crippen LogP contribution in [-0.2, 0) is 13.1 Å². The first-order chi connectivity index (χ1) is 8.70. The molecule has 0 unspecified atom stereocenters. The van der Waals surface area contributed by atoms with Gasteiger partial charge in [0.25, 0.3) is 0 Å². The van der Waals surface area contributed by atoms with E-state index in [0.29, 0.717) is 6.54 Å². The fraction of sp³-hybridized carbons (Fsp3) is 0.385. The summed E-state index contributed by atoms with van der Waals surface area (Å²) in [5.41, 5.74) is 2.34. The Kier molecular flexibility index (Phi) is 4.36. The van der Waals surface area contributed by atoms with E-state index in [1.165, 1.54) is 5.56 Å². The van der Waals surface area contributed by atoms with Crippen LogP contribution in [0.15, 0.2) is 29.0 Å². The summed E-state index contributed by atoms with van der Waals surface area (Å²) in [6.07, 6.45) is 2.67. The van der Waals surface area contributed by atoms with E-state index < -0.39 is 0 Å². The molecule has 4 nitrogen and oxygen atoms in total. The minimum atomic E-state index is 0.692. The lowest BCUT2D eigenvalue weighted by Gasteiger charge is -2.10. The molecule has 0 bridgehead atoms. The molecular weight excluding hydrogens is 292 g/mol. The molecule has 0 aliphatic carbocycles. The molecule has 1 aromatic heterocycles. The fourth-order valence-electron chi connectivity index (χ4n) is 1.78. The Balaban J connectivity index is 2.06. The van der Waals surface area contributed by atoms with Crippen LogP contribution in [0.5, 0.6) is 0 Å². The average Bonchev–Trinajstić information content (AvgIpc) is 2.78. The van der Waals surface area contributed by atoms with E-state index in [0.717, 1.165) is 29.0 Å². The highest BCUT2D eigenvalue weighted by molar-refractivity contribution is 9.10. The molecule has 2 aromatic rings. The topological polar surface area (TPSA) is 42.7 Å². The van der Waals surface area contributed by atoms with E-state index in [1.54, 1.807) is 6.33 Å². The Morgan fingerprint density at radius 1 is 1.39 bits per heavy atom. The zero-order chi connectivity index (χ0) is 13.0. The summed E-state index contributed by atoms with van der Waals surface area (Å²) in [6, 6.07) is 6.21. The molecule has 1 N–H and O–H groups in total. The number of anilines is 1. The molecule has 18 heavy (non-hydrogen) atoms. The first-order valence-electron chi connectivity index (χ1n) is 6.07. The molecule has 0 saturated heterocycles. The van der Waals surface area contributed by atoms with Gasteiger partial charge < -0.3 is 5.32 Å². The first-order valence-corrected chi connectivity index (χ1v) is 6.86. The van der Waals surface area contributed by atoms with Gasteiger partial charge in [-0.15, -0.1) is 0 Å². The zero-order valence-electron chi connectivity index (χ0n) is 10.7. The minimum Gasteiger partial charge on any atom is -0.378 e. The second-order valence-corrected chi connectivity index (χ2v) is 5.13. The smallest absolute Gasteiger partial charge is 0.146 e. The number of benzene rings is 1. The van der Waals surface area contributed by atoms with Gasteiger partial charge in [0, 0.05) is 16.7 Å². The van der Waals surface area contributed by atoms with E-state index in [1.807, 2.05) is 10.7 Å². The summed E-state index contributed by atoms with van der Waals surface area (Å²) in [5, 5.41) is 7.62. The maximum absolute atomic E-state index is 4.28. The van der Waals surface area contributed by atoms with E-state index in [-0.39, 0.29) is 0 Å². The highest BCUT2D eigenvalue weighted by Gasteiger charge is 2.04. The second-order valence-electron chi connectivity index (χ2n) is 4.21. The Labute approximate surface area is 116 Å². The summed E-state index contributed by atoms with van der Waals surface area (Å²) in [6.45, 7) is 5.83. The lowest BCUT2D eigenvalue weighted by atomic mass is 10.2. The number of hydrogen-bond acceptors (Lipinski definition) is 3. The molecule has 0 aliphatic heterocycles. The second kappa shape index (κ2) is 6.00. The van der Waals surface area contributed by atoms with Gasteiger partial charge in [0.15, 0.2) is 0 Å². The van der Waals surface area contributed by atoms with E-state index in [9.17, 15) is 0 Å². The van der Waals surface area contributed by atoms with Crippen molar-refractivity contribution >= 4 is 21.6 Å². The monoisotopic (exact) mass is 308 g/mol. The summed E-state index contributed by atoms with van der Waals surface area (Å²) >= 11 is 3.48. The van der Waals surface area contributed by atoms with Crippen LogP contribution in [0, 0.1) is 6.92 Å². The van der Waals surface area contributed by atoms with Gasteiger partial charge >= 0.3 is 0 Å². The molecule has 1 aromatic carbocycles. The van der Waals surface area contributed by atoms with Gasteiger partial charge in [0.2, 0.25) is 0 Å². The first kappa shape index (κ1) is 13.1. The van der Waals surface area contributed by atoms with Crippen molar-refractivity contribution in [3.05, 3.63) is 40.4 Å². The maximum Gasteiger partial charge on any atom is 0.146 e. The van der Waals surface area contributed by atoms with Gasteiger partial charge in [-0.2, -0.15) is 5.10 Å². The van der Waals surface area contributed by atoms with Crippen molar-refractivity contribution in [1.82, 2.24) is 14.8 Å². The number of aromatic nitrogens is 3. The zero-order valence-corrected chi connectivity index (χ0v) is 12.2. The Hall–Kier alpha value is -1.36. The Morgan fingerprint density at radius 3 is 3.00 bits per heavy atom. The third-order valence-electron chi connectivity index (χ3n) is 2.77. The molecule has 5 heteroatoms. The highest BCUT2D eigenvalue weighted by atomic mass is 79.9. The van der Waals surface area contributed by atoms with Crippen LogP contribution in [0.25, 0.3) is 0 Å².